The zero-order chi connectivity index (χ0) is 15.2. The van der Waals surface area contributed by atoms with Gasteiger partial charge in [-0.05, 0) is 36.1 Å². The van der Waals surface area contributed by atoms with Crippen molar-refractivity contribution < 1.29 is 4.79 Å². The average molecular weight is 429 g/mol. The Labute approximate surface area is 146 Å². The Morgan fingerprint density at radius 1 is 1.05 bits per heavy atom. The number of rotatable bonds is 5. The summed E-state index contributed by atoms with van der Waals surface area (Å²) in [7, 11) is 0. The van der Waals surface area contributed by atoms with Gasteiger partial charge in [-0.1, -0.05) is 62.2 Å². The van der Waals surface area contributed by atoms with Gasteiger partial charge in [-0.25, -0.2) is 0 Å². The van der Waals surface area contributed by atoms with Crippen molar-refractivity contribution in [1.82, 2.24) is 0 Å². The SMILES string of the molecule is CSc1ccc(NC(=O)[C@H](Br)[C@H](Br)c2ccccc2)cc1. The van der Waals surface area contributed by atoms with Crippen LogP contribution in [0.1, 0.15) is 10.4 Å². The Morgan fingerprint density at radius 2 is 1.67 bits per heavy atom. The molecule has 2 aromatic rings. The van der Waals surface area contributed by atoms with E-state index >= 15 is 0 Å². The van der Waals surface area contributed by atoms with Gasteiger partial charge in [0.25, 0.3) is 0 Å². The number of nitrogens with one attached hydrogen (secondary N) is 1. The first-order valence-electron chi connectivity index (χ1n) is 6.40. The Bertz CT molecular complexity index is 589. The maximum absolute atomic E-state index is 12.3. The molecule has 0 aliphatic heterocycles. The summed E-state index contributed by atoms with van der Waals surface area (Å²) in [6.45, 7) is 0. The van der Waals surface area contributed by atoms with Gasteiger partial charge >= 0.3 is 0 Å². The summed E-state index contributed by atoms with van der Waals surface area (Å²) in [5.74, 6) is -0.0716. The number of hydrogen-bond acceptors (Lipinski definition) is 2. The summed E-state index contributed by atoms with van der Waals surface area (Å²) < 4.78 is 0. The van der Waals surface area contributed by atoms with Gasteiger partial charge < -0.3 is 5.32 Å². The van der Waals surface area contributed by atoms with E-state index in [4.69, 9.17) is 0 Å². The Balaban J connectivity index is 2.01. The van der Waals surface area contributed by atoms with Crippen molar-refractivity contribution in [2.45, 2.75) is 14.5 Å². The highest BCUT2D eigenvalue weighted by atomic mass is 79.9. The van der Waals surface area contributed by atoms with Crippen molar-refractivity contribution in [2.24, 2.45) is 0 Å². The van der Waals surface area contributed by atoms with E-state index in [1.54, 1.807) is 11.8 Å². The van der Waals surface area contributed by atoms with Crippen molar-refractivity contribution in [2.75, 3.05) is 11.6 Å². The predicted molar refractivity (Wildman–Crippen MR) is 97.7 cm³/mol. The quantitative estimate of drug-likeness (QED) is 0.520. The van der Waals surface area contributed by atoms with Crippen LogP contribution in [0.25, 0.3) is 0 Å². The molecule has 0 unspecified atom stereocenters. The molecule has 110 valence electrons. The molecule has 0 spiro atoms. The molecular formula is C16H15Br2NOS. The van der Waals surface area contributed by atoms with Gasteiger partial charge in [0.15, 0.2) is 0 Å². The Morgan fingerprint density at radius 3 is 2.24 bits per heavy atom. The molecule has 1 amide bonds. The van der Waals surface area contributed by atoms with E-state index in [1.165, 1.54) is 4.90 Å². The second kappa shape index (κ2) is 8.01. The summed E-state index contributed by atoms with van der Waals surface area (Å²) in [6.07, 6.45) is 2.03. The molecule has 5 heteroatoms. The molecule has 0 aliphatic rings. The molecule has 0 aliphatic carbocycles. The lowest BCUT2D eigenvalue weighted by molar-refractivity contribution is -0.115. The largest absolute Gasteiger partial charge is 0.325 e. The zero-order valence-electron chi connectivity index (χ0n) is 11.4. The molecule has 2 nitrogen and oxygen atoms in total. The van der Waals surface area contributed by atoms with Gasteiger partial charge in [0.2, 0.25) is 5.91 Å². The molecule has 2 aromatic carbocycles. The van der Waals surface area contributed by atoms with Gasteiger partial charge in [-0.15, -0.1) is 11.8 Å². The Kier molecular flexibility index (Phi) is 6.33. The summed E-state index contributed by atoms with van der Waals surface area (Å²) >= 11 is 8.72. The maximum Gasteiger partial charge on any atom is 0.239 e. The number of anilines is 1. The van der Waals surface area contributed by atoms with Gasteiger partial charge in [-0.2, -0.15) is 0 Å². The molecule has 1 N–H and O–H groups in total. The number of carbonyl (C=O) groups excluding carboxylic acids is 1. The number of amides is 1. The fourth-order valence-electron chi connectivity index (χ4n) is 1.82. The lowest BCUT2D eigenvalue weighted by Crippen LogP contribution is -2.26. The van der Waals surface area contributed by atoms with Crippen LogP contribution in [-0.4, -0.2) is 17.0 Å². The number of thioether (sulfide) groups is 1. The van der Waals surface area contributed by atoms with E-state index in [2.05, 4.69) is 37.2 Å². The van der Waals surface area contributed by atoms with Crippen LogP contribution in [0.4, 0.5) is 5.69 Å². The van der Waals surface area contributed by atoms with Crippen molar-refractivity contribution >= 4 is 55.2 Å². The number of carbonyl (C=O) groups is 1. The molecule has 0 heterocycles. The molecule has 0 saturated carbocycles. The second-order valence-electron chi connectivity index (χ2n) is 4.43. The Hall–Kier alpha value is -0.780. The summed E-state index contributed by atoms with van der Waals surface area (Å²) in [5.41, 5.74) is 1.86. The average Bonchev–Trinajstić information content (AvgIpc) is 2.55. The number of alkyl halides is 2. The number of halogens is 2. The van der Waals surface area contributed by atoms with E-state index in [0.717, 1.165) is 11.3 Å². The van der Waals surface area contributed by atoms with Crippen LogP contribution in [0.5, 0.6) is 0 Å². The standard InChI is InChI=1S/C16H15Br2NOS/c1-21-13-9-7-12(8-10-13)19-16(20)15(18)14(17)11-5-3-2-4-6-11/h2-10,14-15H,1H3,(H,19,20)/t14-,15-/m1/s1. The third-order valence-electron chi connectivity index (χ3n) is 2.98. The van der Waals surface area contributed by atoms with E-state index in [9.17, 15) is 4.79 Å². The smallest absolute Gasteiger partial charge is 0.239 e. The summed E-state index contributed by atoms with van der Waals surface area (Å²) in [5, 5.41) is 2.92. The van der Waals surface area contributed by atoms with Gasteiger partial charge in [0.1, 0.15) is 4.83 Å². The minimum absolute atomic E-state index is 0.0716. The van der Waals surface area contributed by atoms with Crippen LogP contribution in [0.15, 0.2) is 59.5 Å². The van der Waals surface area contributed by atoms with E-state index in [1.807, 2.05) is 60.9 Å². The van der Waals surface area contributed by atoms with Crippen LogP contribution in [0.3, 0.4) is 0 Å². The van der Waals surface area contributed by atoms with Gasteiger partial charge in [-0.3, -0.25) is 4.79 Å². The van der Waals surface area contributed by atoms with Crippen molar-refractivity contribution in [3.05, 3.63) is 60.2 Å². The van der Waals surface area contributed by atoms with Crippen molar-refractivity contribution in [3.8, 4) is 0 Å². The highest BCUT2D eigenvalue weighted by molar-refractivity contribution is 9.12. The molecule has 0 fully saturated rings. The molecule has 0 saturated heterocycles. The third-order valence-corrected chi connectivity index (χ3v) is 6.44. The number of hydrogen-bond donors (Lipinski definition) is 1. The lowest BCUT2D eigenvalue weighted by Gasteiger charge is -2.17. The highest BCUT2D eigenvalue weighted by Gasteiger charge is 2.24. The molecule has 0 aromatic heterocycles. The fraction of sp³-hybridized carbons (Fsp3) is 0.188. The molecule has 21 heavy (non-hydrogen) atoms. The van der Waals surface area contributed by atoms with Crippen molar-refractivity contribution in [3.63, 3.8) is 0 Å². The lowest BCUT2D eigenvalue weighted by atomic mass is 10.1. The van der Waals surface area contributed by atoms with Gasteiger partial charge in [0, 0.05) is 10.6 Å². The number of benzene rings is 2. The first kappa shape index (κ1) is 16.6. The van der Waals surface area contributed by atoms with E-state index < -0.39 is 0 Å². The molecule has 2 atom stereocenters. The van der Waals surface area contributed by atoms with E-state index in [0.29, 0.717) is 0 Å². The molecule has 0 radical (unpaired) electrons. The molecular weight excluding hydrogens is 414 g/mol. The van der Waals surface area contributed by atoms with Crippen molar-refractivity contribution in [1.29, 1.82) is 0 Å². The minimum atomic E-state index is -0.347. The predicted octanol–water partition coefficient (Wildman–Crippen LogP) is 5.25. The highest BCUT2D eigenvalue weighted by Crippen LogP contribution is 2.31. The van der Waals surface area contributed by atoms with Crippen LogP contribution < -0.4 is 5.32 Å². The topological polar surface area (TPSA) is 29.1 Å². The first-order valence-corrected chi connectivity index (χ1v) is 9.45. The monoisotopic (exact) mass is 427 g/mol. The van der Waals surface area contributed by atoms with Crippen LogP contribution in [0, 0.1) is 0 Å². The normalized spacial score (nSPS) is 13.5. The van der Waals surface area contributed by atoms with Gasteiger partial charge in [0.05, 0.1) is 4.83 Å². The summed E-state index contributed by atoms with van der Waals surface area (Å²) in [6, 6.07) is 17.7. The molecule has 0 bridgehead atoms. The maximum atomic E-state index is 12.3. The second-order valence-corrected chi connectivity index (χ2v) is 7.28. The third kappa shape index (κ3) is 4.59. The van der Waals surface area contributed by atoms with Crippen LogP contribution in [-0.2, 0) is 4.79 Å². The fourth-order valence-corrected chi connectivity index (χ4v) is 3.20. The van der Waals surface area contributed by atoms with Crippen LogP contribution >= 0.6 is 43.6 Å². The van der Waals surface area contributed by atoms with E-state index in [-0.39, 0.29) is 15.6 Å². The zero-order valence-corrected chi connectivity index (χ0v) is 15.4. The summed E-state index contributed by atoms with van der Waals surface area (Å²) in [4.78, 5) is 13.0. The minimum Gasteiger partial charge on any atom is -0.325 e. The van der Waals surface area contributed by atoms with Crippen LogP contribution in [0.2, 0.25) is 0 Å². The molecule has 2 rings (SSSR count). The first-order chi connectivity index (χ1) is 10.1.